The maximum atomic E-state index is 13.6. The summed E-state index contributed by atoms with van der Waals surface area (Å²) in [7, 11) is 0. The predicted octanol–water partition coefficient (Wildman–Crippen LogP) is 5.19. The highest BCUT2D eigenvalue weighted by molar-refractivity contribution is 5.77. The van der Waals surface area contributed by atoms with E-state index in [1.807, 2.05) is 6.92 Å². The number of aliphatic hydroxyl groups is 2. The number of hydrogen-bond donors (Lipinski definition) is 3. The number of carbonyl (C=O) groups is 2. The molecule has 1 aliphatic heterocycles. The molecule has 6 heteroatoms. The molecule has 3 unspecified atom stereocenters. The molecular formula is C30H48O6. The van der Waals surface area contributed by atoms with Crippen molar-refractivity contribution in [3.8, 4) is 0 Å². The molecule has 3 N–H and O–H groups in total. The van der Waals surface area contributed by atoms with Gasteiger partial charge < -0.3 is 20.1 Å². The zero-order valence-electron chi connectivity index (χ0n) is 23.2. The van der Waals surface area contributed by atoms with Gasteiger partial charge in [0.05, 0.1) is 5.41 Å². The first-order valence-corrected chi connectivity index (χ1v) is 14.3. The quantitative estimate of drug-likeness (QED) is 0.447. The van der Waals surface area contributed by atoms with Gasteiger partial charge >= 0.3 is 11.9 Å². The number of esters is 1. The van der Waals surface area contributed by atoms with Gasteiger partial charge in [-0.2, -0.15) is 0 Å². The molecule has 0 aromatic heterocycles. The van der Waals surface area contributed by atoms with E-state index in [4.69, 9.17) is 4.74 Å². The molecule has 10 atom stereocenters. The van der Waals surface area contributed by atoms with Gasteiger partial charge in [-0.1, -0.05) is 34.6 Å². The summed E-state index contributed by atoms with van der Waals surface area (Å²) in [6, 6.07) is 0. The zero-order chi connectivity index (χ0) is 26.5. The highest BCUT2D eigenvalue weighted by atomic mass is 16.6. The van der Waals surface area contributed by atoms with Crippen LogP contribution < -0.4 is 0 Å². The van der Waals surface area contributed by atoms with Crippen LogP contribution in [0.3, 0.4) is 0 Å². The Balaban J connectivity index is 1.63. The van der Waals surface area contributed by atoms with Gasteiger partial charge in [-0.25, -0.2) is 4.79 Å². The Morgan fingerprint density at radius 1 is 0.917 bits per heavy atom. The molecule has 4 saturated carbocycles. The van der Waals surface area contributed by atoms with Crippen LogP contribution in [-0.4, -0.2) is 46.1 Å². The fourth-order valence-electron chi connectivity index (χ4n) is 11.0. The lowest BCUT2D eigenvalue weighted by Crippen LogP contribution is -2.71. The number of carboxylic acids is 1. The van der Waals surface area contributed by atoms with Gasteiger partial charge in [0.25, 0.3) is 0 Å². The van der Waals surface area contributed by atoms with Gasteiger partial charge in [0.15, 0.2) is 6.10 Å². The number of carboxylic acid groups (broad SMARTS) is 1. The second-order valence-electron chi connectivity index (χ2n) is 15.1. The van der Waals surface area contributed by atoms with Crippen LogP contribution in [0.2, 0.25) is 0 Å². The van der Waals surface area contributed by atoms with Crippen LogP contribution in [0.4, 0.5) is 0 Å². The number of rotatable bonds is 2. The van der Waals surface area contributed by atoms with Crippen LogP contribution in [-0.2, 0) is 14.3 Å². The maximum Gasteiger partial charge on any atom is 0.335 e. The predicted molar refractivity (Wildman–Crippen MR) is 136 cm³/mol. The molecule has 0 bridgehead atoms. The van der Waals surface area contributed by atoms with Gasteiger partial charge in [0.1, 0.15) is 6.10 Å². The fraction of sp³-hybridized carbons (Fsp3) is 0.933. The normalized spacial score (nSPS) is 54.1. The van der Waals surface area contributed by atoms with E-state index in [2.05, 4.69) is 34.6 Å². The van der Waals surface area contributed by atoms with Crippen molar-refractivity contribution in [1.29, 1.82) is 0 Å². The van der Waals surface area contributed by atoms with E-state index in [0.29, 0.717) is 12.8 Å². The summed E-state index contributed by atoms with van der Waals surface area (Å²) in [5.74, 6) is -0.974. The molecule has 0 aromatic rings. The molecule has 6 nitrogen and oxygen atoms in total. The third kappa shape index (κ3) is 3.15. The van der Waals surface area contributed by atoms with Crippen molar-refractivity contribution in [2.24, 2.45) is 50.2 Å². The van der Waals surface area contributed by atoms with Crippen molar-refractivity contribution in [1.82, 2.24) is 0 Å². The first-order valence-electron chi connectivity index (χ1n) is 14.3. The number of carbonyl (C=O) groups excluding carboxylic acids is 1. The van der Waals surface area contributed by atoms with Gasteiger partial charge in [-0.15, -0.1) is 0 Å². The van der Waals surface area contributed by atoms with Gasteiger partial charge in [-0.3, -0.25) is 4.79 Å². The molecule has 204 valence electrons. The second-order valence-corrected chi connectivity index (χ2v) is 15.1. The van der Waals surface area contributed by atoms with E-state index in [9.17, 15) is 24.9 Å². The number of aliphatic carboxylic acids is 1. The Morgan fingerprint density at radius 2 is 1.58 bits per heavy atom. The lowest BCUT2D eigenvalue weighted by atomic mass is 9.30. The fourth-order valence-corrected chi connectivity index (χ4v) is 11.0. The van der Waals surface area contributed by atoms with Crippen LogP contribution in [0.15, 0.2) is 0 Å². The molecule has 4 aliphatic carbocycles. The van der Waals surface area contributed by atoms with Crippen molar-refractivity contribution in [2.75, 3.05) is 6.61 Å². The second kappa shape index (κ2) is 7.94. The van der Waals surface area contributed by atoms with E-state index >= 15 is 0 Å². The lowest BCUT2D eigenvalue weighted by Gasteiger charge is -2.73. The van der Waals surface area contributed by atoms with Crippen molar-refractivity contribution in [3.05, 3.63) is 0 Å². The van der Waals surface area contributed by atoms with Crippen LogP contribution >= 0.6 is 0 Å². The van der Waals surface area contributed by atoms with Crippen molar-refractivity contribution < 1.29 is 29.6 Å². The third-order valence-electron chi connectivity index (χ3n) is 13.4. The Bertz CT molecular complexity index is 946. The highest BCUT2D eigenvalue weighted by Crippen LogP contribution is 2.78. The first kappa shape index (κ1) is 26.5. The highest BCUT2D eigenvalue weighted by Gasteiger charge is 2.75. The van der Waals surface area contributed by atoms with E-state index in [0.717, 1.165) is 51.4 Å². The Kier molecular flexibility index (Phi) is 5.84. The Morgan fingerprint density at radius 3 is 2.22 bits per heavy atom. The SMILES string of the molecule is C[C@H]1OC(=O)[C@@H](O)CC2[C@]3(C)CC[C@@]4(C(=O)O)C5CC(C)(C)CC[C@]5(CO)CC[C@]4(C)C3CC[C@@]21C. The van der Waals surface area contributed by atoms with E-state index in [-0.39, 0.29) is 52.1 Å². The van der Waals surface area contributed by atoms with Crippen molar-refractivity contribution in [2.45, 2.75) is 118 Å². The number of aliphatic hydroxyl groups excluding tert-OH is 2. The average Bonchev–Trinajstić information content (AvgIpc) is 2.88. The summed E-state index contributed by atoms with van der Waals surface area (Å²) in [4.78, 5) is 26.1. The summed E-state index contributed by atoms with van der Waals surface area (Å²) in [6.45, 7) is 13.4. The molecule has 0 radical (unpaired) electrons. The first-order chi connectivity index (χ1) is 16.6. The van der Waals surface area contributed by atoms with Crippen molar-refractivity contribution in [3.63, 3.8) is 0 Å². The molecule has 0 aromatic carbocycles. The third-order valence-corrected chi connectivity index (χ3v) is 13.4. The Hall–Kier alpha value is -1.14. The summed E-state index contributed by atoms with van der Waals surface area (Å²) in [6.07, 6.45) is 6.60. The molecule has 5 rings (SSSR count). The minimum Gasteiger partial charge on any atom is -0.481 e. The van der Waals surface area contributed by atoms with Crippen LogP contribution in [0, 0.1) is 50.2 Å². The molecule has 36 heavy (non-hydrogen) atoms. The van der Waals surface area contributed by atoms with E-state index in [1.54, 1.807) is 0 Å². The topological polar surface area (TPSA) is 104 Å². The smallest absolute Gasteiger partial charge is 0.335 e. The molecule has 5 aliphatic rings. The number of cyclic esters (lactones) is 1. The largest absolute Gasteiger partial charge is 0.481 e. The number of hydrogen-bond acceptors (Lipinski definition) is 5. The molecule has 1 saturated heterocycles. The molecule has 1 heterocycles. The minimum absolute atomic E-state index is 0.0450. The molecular weight excluding hydrogens is 456 g/mol. The van der Waals surface area contributed by atoms with Crippen LogP contribution in [0.5, 0.6) is 0 Å². The summed E-state index contributed by atoms with van der Waals surface area (Å²) >= 11 is 0. The summed E-state index contributed by atoms with van der Waals surface area (Å²) in [5, 5.41) is 32.6. The maximum absolute atomic E-state index is 13.6. The van der Waals surface area contributed by atoms with E-state index < -0.39 is 28.9 Å². The number of fused-ring (bicyclic) bond motifs is 7. The van der Waals surface area contributed by atoms with Crippen molar-refractivity contribution >= 4 is 11.9 Å². The van der Waals surface area contributed by atoms with Gasteiger partial charge in [-0.05, 0) is 111 Å². The standard InChI is InChI=1S/C30H48O6/c1-18-26(4)8-7-20-27(5,21(26)15-19(32)23(33)36-18)10-14-30(24(34)35)22-16-25(2,3)9-12-29(22,17-31)13-11-28(20,30)6/h18-22,31-32H,7-17H2,1-6H3,(H,34,35)/t18-,19+,20?,21?,22?,26-,27-,28-,29-,30+/m1/s1. The monoisotopic (exact) mass is 504 g/mol. The van der Waals surface area contributed by atoms with E-state index in [1.165, 1.54) is 0 Å². The van der Waals surface area contributed by atoms with Crippen LogP contribution in [0.1, 0.15) is 106 Å². The zero-order valence-corrected chi connectivity index (χ0v) is 23.2. The lowest BCUT2D eigenvalue weighted by molar-refractivity contribution is -0.268. The molecule has 0 amide bonds. The summed E-state index contributed by atoms with van der Waals surface area (Å²) in [5.41, 5.74) is -1.95. The molecule has 5 fully saturated rings. The average molecular weight is 505 g/mol. The summed E-state index contributed by atoms with van der Waals surface area (Å²) < 4.78 is 5.72. The van der Waals surface area contributed by atoms with Gasteiger partial charge in [0.2, 0.25) is 0 Å². The van der Waals surface area contributed by atoms with Crippen LogP contribution in [0.25, 0.3) is 0 Å². The minimum atomic E-state index is -1.12. The molecule has 0 spiro atoms. The van der Waals surface area contributed by atoms with Gasteiger partial charge in [0, 0.05) is 12.0 Å². The Labute approximate surface area is 216 Å². The number of ether oxygens (including phenoxy) is 1.